The van der Waals surface area contributed by atoms with E-state index in [0.717, 1.165) is 64.7 Å². The normalized spacial score (nSPS) is 15.8. The number of rotatable bonds is 8. The standard InChI is InChI=1S/C28H32N4O3/c1-4-35-18-24-27(20-12-10-19(2)11-13-20)28-29-26(31-14-6-8-22(31)17-33)16-25(32(28)30-24)21-7-5-9-23(15-21)34-3/h5,7,9-13,15-16,22,33H,4,6,8,14,17-18H2,1-3H3. The minimum Gasteiger partial charge on any atom is -0.497 e. The Hall–Kier alpha value is -3.42. The van der Waals surface area contributed by atoms with Crippen molar-refractivity contribution >= 4 is 11.5 Å². The van der Waals surface area contributed by atoms with Crippen LogP contribution in [0.2, 0.25) is 0 Å². The average Bonchev–Trinajstić information content (AvgIpc) is 3.52. The number of aliphatic hydroxyl groups excluding tert-OH is 1. The van der Waals surface area contributed by atoms with E-state index < -0.39 is 0 Å². The van der Waals surface area contributed by atoms with Gasteiger partial charge in [0.15, 0.2) is 5.65 Å². The molecule has 0 radical (unpaired) electrons. The first kappa shape index (κ1) is 23.3. The fourth-order valence-electron chi connectivity index (χ4n) is 4.83. The molecule has 7 heteroatoms. The lowest BCUT2D eigenvalue weighted by molar-refractivity contribution is 0.131. The van der Waals surface area contributed by atoms with E-state index in [1.807, 2.05) is 29.6 Å². The van der Waals surface area contributed by atoms with Crippen LogP contribution in [0.25, 0.3) is 28.0 Å². The Kier molecular flexibility index (Phi) is 6.70. The van der Waals surface area contributed by atoms with Gasteiger partial charge in [-0.2, -0.15) is 5.10 Å². The highest BCUT2D eigenvalue weighted by Crippen LogP contribution is 2.36. The SMILES string of the molecule is CCOCc1nn2c(-c3cccc(OC)c3)cc(N3CCCC3CO)nc2c1-c1ccc(C)cc1. The van der Waals surface area contributed by atoms with Crippen molar-refractivity contribution < 1.29 is 14.6 Å². The van der Waals surface area contributed by atoms with E-state index in [9.17, 15) is 5.11 Å². The van der Waals surface area contributed by atoms with Crippen molar-refractivity contribution in [1.29, 1.82) is 0 Å². The van der Waals surface area contributed by atoms with Gasteiger partial charge in [0.1, 0.15) is 11.6 Å². The second-order valence-electron chi connectivity index (χ2n) is 8.96. The summed E-state index contributed by atoms with van der Waals surface area (Å²) in [5.41, 5.74) is 6.77. The summed E-state index contributed by atoms with van der Waals surface area (Å²) in [6, 6.07) is 18.6. The van der Waals surface area contributed by atoms with Gasteiger partial charge in [0.05, 0.1) is 43.3 Å². The maximum absolute atomic E-state index is 10.0. The zero-order chi connectivity index (χ0) is 24.4. The van der Waals surface area contributed by atoms with Crippen LogP contribution in [0, 0.1) is 6.92 Å². The predicted octanol–water partition coefficient (Wildman–Crippen LogP) is 4.88. The van der Waals surface area contributed by atoms with Crippen molar-refractivity contribution in [3.63, 3.8) is 0 Å². The second-order valence-corrected chi connectivity index (χ2v) is 8.96. The Bertz CT molecular complexity index is 1320. The third kappa shape index (κ3) is 4.49. The van der Waals surface area contributed by atoms with Gasteiger partial charge in [-0.3, -0.25) is 0 Å². The minimum absolute atomic E-state index is 0.0664. The molecule has 7 nitrogen and oxygen atoms in total. The van der Waals surface area contributed by atoms with Crippen molar-refractivity contribution in [2.75, 3.05) is 31.8 Å². The van der Waals surface area contributed by atoms with Gasteiger partial charge in [-0.1, -0.05) is 42.0 Å². The molecule has 35 heavy (non-hydrogen) atoms. The molecule has 3 heterocycles. The van der Waals surface area contributed by atoms with Gasteiger partial charge in [0, 0.05) is 24.8 Å². The average molecular weight is 473 g/mol. The fourth-order valence-corrected chi connectivity index (χ4v) is 4.83. The molecule has 5 rings (SSSR count). The van der Waals surface area contributed by atoms with Crippen LogP contribution in [0.3, 0.4) is 0 Å². The molecule has 0 bridgehead atoms. The zero-order valence-electron chi connectivity index (χ0n) is 20.6. The Morgan fingerprint density at radius 2 is 1.91 bits per heavy atom. The molecule has 1 atom stereocenters. The summed E-state index contributed by atoms with van der Waals surface area (Å²) >= 11 is 0. The highest BCUT2D eigenvalue weighted by Gasteiger charge is 2.28. The molecule has 4 aromatic rings. The lowest BCUT2D eigenvalue weighted by atomic mass is 10.0. The number of nitrogens with zero attached hydrogens (tertiary/aromatic N) is 4. The molecule has 1 aliphatic heterocycles. The van der Waals surface area contributed by atoms with Crippen molar-refractivity contribution in [2.24, 2.45) is 0 Å². The molecule has 1 aliphatic rings. The van der Waals surface area contributed by atoms with Crippen LogP contribution in [-0.2, 0) is 11.3 Å². The number of methoxy groups -OCH3 is 1. The molecule has 2 aromatic carbocycles. The summed E-state index contributed by atoms with van der Waals surface area (Å²) < 4.78 is 13.2. The molecule has 0 aliphatic carbocycles. The van der Waals surface area contributed by atoms with Crippen LogP contribution in [0.4, 0.5) is 5.82 Å². The molecule has 1 fully saturated rings. The Morgan fingerprint density at radius 3 is 2.66 bits per heavy atom. The van der Waals surface area contributed by atoms with Gasteiger partial charge >= 0.3 is 0 Å². The first-order chi connectivity index (χ1) is 17.1. The van der Waals surface area contributed by atoms with E-state index in [-0.39, 0.29) is 12.6 Å². The van der Waals surface area contributed by atoms with Gasteiger partial charge < -0.3 is 19.5 Å². The van der Waals surface area contributed by atoms with Crippen LogP contribution < -0.4 is 9.64 Å². The van der Waals surface area contributed by atoms with Gasteiger partial charge in [-0.15, -0.1) is 0 Å². The summed E-state index contributed by atoms with van der Waals surface area (Å²) in [5, 5.41) is 15.0. The van der Waals surface area contributed by atoms with Crippen LogP contribution in [0.5, 0.6) is 5.75 Å². The number of aryl methyl sites for hydroxylation is 1. The van der Waals surface area contributed by atoms with E-state index in [0.29, 0.717) is 13.2 Å². The summed E-state index contributed by atoms with van der Waals surface area (Å²) in [4.78, 5) is 7.36. The third-order valence-electron chi connectivity index (χ3n) is 6.68. The smallest absolute Gasteiger partial charge is 0.166 e. The maximum Gasteiger partial charge on any atom is 0.166 e. The van der Waals surface area contributed by atoms with Gasteiger partial charge in [0.2, 0.25) is 0 Å². The lowest BCUT2D eigenvalue weighted by Gasteiger charge is -2.25. The number of ether oxygens (including phenoxy) is 2. The zero-order valence-corrected chi connectivity index (χ0v) is 20.6. The van der Waals surface area contributed by atoms with Crippen molar-refractivity contribution in [2.45, 2.75) is 39.3 Å². The quantitative estimate of drug-likeness (QED) is 0.394. The largest absolute Gasteiger partial charge is 0.497 e. The number of hydrogen-bond acceptors (Lipinski definition) is 6. The number of aliphatic hydroxyl groups is 1. The Labute approximate surface area is 205 Å². The summed E-state index contributed by atoms with van der Waals surface area (Å²) in [6.45, 7) is 6.06. The van der Waals surface area contributed by atoms with Crippen LogP contribution in [0.15, 0.2) is 54.6 Å². The minimum atomic E-state index is 0.0664. The van der Waals surface area contributed by atoms with Gasteiger partial charge in [-0.05, 0) is 44.4 Å². The molecule has 0 spiro atoms. The molecule has 1 unspecified atom stereocenters. The topological polar surface area (TPSA) is 72.1 Å². The highest BCUT2D eigenvalue weighted by molar-refractivity contribution is 5.83. The molecule has 182 valence electrons. The van der Waals surface area contributed by atoms with Gasteiger partial charge in [-0.25, -0.2) is 9.50 Å². The van der Waals surface area contributed by atoms with E-state index in [1.165, 1.54) is 5.56 Å². The number of aromatic nitrogens is 3. The molecule has 2 aromatic heterocycles. The van der Waals surface area contributed by atoms with Crippen molar-refractivity contribution in [3.05, 3.63) is 65.9 Å². The van der Waals surface area contributed by atoms with Crippen molar-refractivity contribution in [3.8, 4) is 28.1 Å². The van der Waals surface area contributed by atoms with Crippen LogP contribution >= 0.6 is 0 Å². The number of fused-ring (bicyclic) bond motifs is 1. The van der Waals surface area contributed by atoms with E-state index in [1.54, 1.807) is 7.11 Å². The van der Waals surface area contributed by atoms with E-state index in [4.69, 9.17) is 19.6 Å². The first-order valence-electron chi connectivity index (χ1n) is 12.2. The lowest BCUT2D eigenvalue weighted by Crippen LogP contribution is -2.32. The van der Waals surface area contributed by atoms with Crippen molar-refractivity contribution in [1.82, 2.24) is 14.6 Å². The molecule has 1 saturated heterocycles. The fraction of sp³-hybridized carbons (Fsp3) is 0.357. The number of hydrogen-bond donors (Lipinski definition) is 1. The second kappa shape index (κ2) is 10.1. The monoisotopic (exact) mass is 472 g/mol. The molecule has 1 N–H and O–H groups in total. The van der Waals surface area contributed by atoms with Gasteiger partial charge in [0.25, 0.3) is 0 Å². The molecule has 0 saturated carbocycles. The predicted molar refractivity (Wildman–Crippen MR) is 138 cm³/mol. The molecular weight excluding hydrogens is 440 g/mol. The summed E-state index contributed by atoms with van der Waals surface area (Å²) in [7, 11) is 1.67. The van der Waals surface area contributed by atoms with E-state index >= 15 is 0 Å². The number of benzene rings is 2. The Balaban J connectivity index is 1.79. The number of anilines is 1. The Morgan fingerprint density at radius 1 is 1.09 bits per heavy atom. The summed E-state index contributed by atoms with van der Waals surface area (Å²) in [6.07, 6.45) is 1.99. The first-order valence-corrected chi connectivity index (χ1v) is 12.2. The third-order valence-corrected chi connectivity index (χ3v) is 6.68. The van der Waals surface area contributed by atoms with E-state index in [2.05, 4.69) is 48.2 Å². The summed E-state index contributed by atoms with van der Waals surface area (Å²) in [5.74, 6) is 1.63. The maximum atomic E-state index is 10.0. The highest BCUT2D eigenvalue weighted by atomic mass is 16.5. The molecule has 0 amide bonds. The molecular formula is C28H32N4O3. The van der Waals surface area contributed by atoms with Crippen LogP contribution in [0.1, 0.15) is 31.0 Å². The van der Waals surface area contributed by atoms with Crippen LogP contribution in [-0.4, -0.2) is 52.6 Å².